The molecular formula is C20H24Cl2FN5O2. The highest BCUT2D eigenvalue weighted by atomic mass is 35.5. The average Bonchev–Trinajstić information content (AvgIpc) is 2.75. The number of hydrogen-bond donors (Lipinski definition) is 2. The van der Waals surface area contributed by atoms with Gasteiger partial charge < -0.3 is 20.9 Å². The minimum absolute atomic E-state index is 0.0115. The quantitative estimate of drug-likeness (QED) is 0.360. The van der Waals surface area contributed by atoms with E-state index in [4.69, 9.17) is 44.1 Å². The summed E-state index contributed by atoms with van der Waals surface area (Å²) in [5.74, 6) is 0.413. The number of nitrogen functional groups attached to an aromatic ring is 1. The van der Waals surface area contributed by atoms with Crippen LogP contribution < -0.4 is 16.2 Å². The van der Waals surface area contributed by atoms with Crippen molar-refractivity contribution in [1.82, 2.24) is 9.88 Å². The van der Waals surface area contributed by atoms with Crippen LogP contribution in [-0.2, 0) is 11.2 Å². The highest BCUT2D eigenvalue weighted by molar-refractivity contribution is 6.36. The van der Waals surface area contributed by atoms with Gasteiger partial charge in [-0.3, -0.25) is 9.89 Å². The maximum absolute atomic E-state index is 13.6. The molecule has 1 aliphatic heterocycles. The number of pyridine rings is 1. The van der Waals surface area contributed by atoms with E-state index >= 15 is 0 Å². The van der Waals surface area contributed by atoms with Crippen molar-refractivity contribution in [3.63, 3.8) is 0 Å². The molecule has 1 aliphatic rings. The van der Waals surface area contributed by atoms with Gasteiger partial charge in [-0.15, -0.1) is 0 Å². The van der Waals surface area contributed by atoms with Crippen molar-refractivity contribution >= 4 is 34.9 Å². The topological polar surface area (TPSA) is 99.0 Å². The first-order valence-electron chi connectivity index (χ1n) is 9.57. The number of aliphatic imine (C=N–C) groups is 1. The summed E-state index contributed by atoms with van der Waals surface area (Å²) >= 11 is 12.1. The fourth-order valence-corrected chi connectivity index (χ4v) is 3.56. The van der Waals surface area contributed by atoms with Crippen LogP contribution in [0.3, 0.4) is 0 Å². The standard InChI is InChI=1S/C20H24Cl2FN5O2/c21-15-1-2-16(23)18(22)14(15)3-8-30-17-11-13(12-27-20(17)25)19(24)26-4-5-28-6-9-29-10-7-28/h1-2,11-12H,3-10H2,(H2,24,26)(H2,25,27). The number of nitrogens with two attached hydrogens (primary N) is 2. The first-order chi connectivity index (χ1) is 14.5. The van der Waals surface area contributed by atoms with Crippen molar-refractivity contribution in [2.24, 2.45) is 10.7 Å². The Balaban J connectivity index is 1.59. The zero-order chi connectivity index (χ0) is 21.5. The van der Waals surface area contributed by atoms with Gasteiger partial charge in [0, 0.05) is 42.8 Å². The maximum Gasteiger partial charge on any atom is 0.166 e. The van der Waals surface area contributed by atoms with Crippen LogP contribution in [0, 0.1) is 5.82 Å². The van der Waals surface area contributed by atoms with Gasteiger partial charge in [-0.2, -0.15) is 0 Å². The number of aromatic nitrogens is 1. The Labute approximate surface area is 184 Å². The van der Waals surface area contributed by atoms with Crippen molar-refractivity contribution in [1.29, 1.82) is 0 Å². The molecule has 2 heterocycles. The van der Waals surface area contributed by atoms with Crippen LogP contribution in [0.1, 0.15) is 11.1 Å². The Bertz CT molecular complexity index is 907. The molecule has 0 radical (unpaired) electrons. The first-order valence-corrected chi connectivity index (χ1v) is 10.3. The number of morpholine rings is 1. The van der Waals surface area contributed by atoms with Crippen molar-refractivity contribution in [3.05, 3.63) is 51.4 Å². The number of anilines is 1. The summed E-state index contributed by atoms with van der Waals surface area (Å²) in [6.45, 7) is 4.86. The fourth-order valence-electron chi connectivity index (χ4n) is 3.00. The Morgan fingerprint density at radius 3 is 2.83 bits per heavy atom. The molecule has 1 aromatic carbocycles. The summed E-state index contributed by atoms with van der Waals surface area (Å²) < 4.78 is 24.7. The molecule has 1 aromatic heterocycles. The molecule has 0 spiro atoms. The monoisotopic (exact) mass is 455 g/mol. The second kappa shape index (κ2) is 10.8. The maximum atomic E-state index is 13.6. The molecule has 1 saturated heterocycles. The lowest BCUT2D eigenvalue weighted by molar-refractivity contribution is 0.0394. The number of halogens is 3. The molecule has 30 heavy (non-hydrogen) atoms. The minimum atomic E-state index is -0.527. The zero-order valence-electron chi connectivity index (χ0n) is 16.4. The Kier molecular flexibility index (Phi) is 8.09. The van der Waals surface area contributed by atoms with Crippen LogP contribution in [0.5, 0.6) is 5.75 Å². The van der Waals surface area contributed by atoms with E-state index in [0.717, 1.165) is 32.8 Å². The summed E-state index contributed by atoms with van der Waals surface area (Å²) in [6, 6.07) is 4.37. The number of amidine groups is 1. The van der Waals surface area contributed by atoms with Crippen LogP contribution in [0.2, 0.25) is 10.0 Å². The molecule has 0 saturated carbocycles. The third kappa shape index (κ3) is 5.95. The second-order valence-corrected chi connectivity index (χ2v) is 7.53. The van der Waals surface area contributed by atoms with Crippen LogP contribution in [0.15, 0.2) is 29.4 Å². The fraction of sp³-hybridized carbons (Fsp3) is 0.400. The Morgan fingerprint density at radius 2 is 2.07 bits per heavy atom. The summed E-state index contributed by atoms with van der Waals surface area (Å²) in [6.07, 6.45) is 1.86. The second-order valence-electron chi connectivity index (χ2n) is 6.75. The van der Waals surface area contributed by atoms with E-state index in [-0.39, 0.29) is 17.4 Å². The predicted molar refractivity (Wildman–Crippen MR) is 117 cm³/mol. The molecule has 0 amide bonds. The van der Waals surface area contributed by atoms with Gasteiger partial charge in [-0.05, 0) is 23.8 Å². The summed E-state index contributed by atoms with van der Waals surface area (Å²) in [7, 11) is 0. The lowest BCUT2D eigenvalue weighted by Crippen LogP contribution is -2.38. The molecule has 162 valence electrons. The van der Waals surface area contributed by atoms with Crippen molar-refractivity contribution in [3.8, 4) is 5.75 Å². The number of rotatable bonds is 8. The van der Waals surface area contributed by atoms with Gasteiger partial charge in [0.15, 0.2) is 11.6 Å². The van der Waals surface area contributed by atoms with Gasteiger partial charge in [-0.25, -0.2) is 9.37 Å². The van der Waals surface area contributed by atoms with Gasteiger partial charge >= 0.3 is 0 Å². The van der Waals surface area contributed by atoms with E-state index in [1.54, 1.807) is 12.3 Å². The summed E-state index contributed by atoms with van der Waals surface area (Å²) in [5.41, 5.74) is 13.1. The SMILES string of the molecule is NC(=NCCN1CCOCC1)c1cnc(N)c(OCCc2c(Cl)ccc(F)c2Cl)c1. The van der Waals surface area contributed by atoms with Gasteiger partial charge in [0.25, 0.3) is 0 Å². The van der Waals surface area contributed by atoms with Crippen LogP contribution in [-0.4, -0.2) is 61.7 Å². The molecule has 10 heteroatoms. The molecule has 3 rings (SSSR count). The largest absolute Gasteiger partial charge is 0.489 e. The molecular weight excluding hydrogens is 432 g/mol. The van der Waals surface area contributed by atoms with Gasteiger partial charge in [0.1, 0.15) is 11.7 Å². The molecule has 1 fully saturated rings. The highest BCUT2D eigenvalue weighted by Crippen LogP contribution is 2.28. The van der Waals surface area contributed by atoms with Crippen molar-refractivity contribution in [2.75, 3.05) is 51.7 Å². The molecule has 7 nitrogen and oxygen atoms in total. The molecule has 2 aromatic rings. The van der Waals surface area contributed by atoms with Crippen LogP contribution >= 0.6 is 23.2 Å². The molecule has 0 unspecified atom stereocenters. The van der Waals surface area contributed by atoms with E-state index < -0.39 is 5.82 Å². The third-order valence-electron chi connectivity index (χ3n) is 4.73. The van der Waals surface area contributed by atoms with E-state index in [9.17, 15) is 4.39 Å². The number of hydrogen-bond acceptors (Lipinski definition) is 6. The Morgan fingerprint density at radius 1 is 1.30 bits per heavy atom. The van der Waals surface area contributed by atoms with Crippen molar-refractivity contribution < 1.29 is 13.9 Å². The highest BCUT2D eigenvalue weighted by Gasteiger charge is 2.13. The number of nitrogens with zero attached hydrogens (tertiary/aromatic N) is 3. The summed E-state index contributed by atoms with van der Waals surface area (Å²) in [5, 5.41) is 0.365. The molecule has 0 bridgehead atoms. The van der Waals surface area contributed by atoms with Crippen LogP contribution in [0.4, 0.5) is 10.2 Å². The average molecular weight is 456 g/mol. The molecule has 4 N–H and O–H groups in total. The van der Waals surface area contributed by atoms with E-state index in [0.29, 0.717) is 40.7 Å². The lowest BCUT2D eigenvalue weighted by Gasteiger charge is -2.25. The third-order valence-corrected chi connectivity index (χ3v) is 5.49. The lowest BCUT2D eigenvalue weighted by atomic mass is 10.1. The smallest absolute Gasteiger partial charge is 0.166 e. The van der Waals surface area contributed by atoms with E-state index in [1.807, 2.05) is 0 Å². The van der Waals surface area contributed by atoms with Crippen molar-refractivity contribution in [2.45, 2.75) is 6.42 Å². The Hall–Kier alpha value is -2.13. The predicted octanol–water partition coefficient (Wildman–Crippen LogP) is 2.77. The van der Waals surface area contributed by atoms with Gasteiger partial charge in [0.05, 0.1) is 31.4 Å². The first kappa shape index (κ1) is 22.6. The van der Waals surface area contributed by atoms with Gasteiger partial charge in [-0.1, -0.05) is 23.2 Å². The van der Waals surface area contributed by atoms with Gasteiger partial charge in [0.2, 0.25) is 0 Å². The molecule has 0 aliphatic carbocycles. The van der Waals surface area contributed by atoms with E-state index in [2.05, 4.69) is 14.9 Å². The number of benzene rings is 1. The normalized spacial score (nSPS) is 15.4. The zero-order valence-corrected chi connectivity index (χ0v) is 17.9. The van der Waals surface area contributed by atoms with Crippen LogP contribution in [0.25, 0.3) is 0 Å². The summed E-state index contributed by atoms with van der Waals surface area (Å²) in [4.78, 5) is 10.8. The van der Waals surface area contributed by atoms with E-state index in [1.165, 1.54) is 12.1 Å². The number of ether oxygens (including phenoxy) is 2. The minimum Gasteiger partial charge on any atom is -0.489 e. The molecule has 0 atom stereocenters.